The van der Waals surface area contributed by atoms with Crippen LogP contribution in [0.25, 0.3) is 6.08 Å². The van der Waals surface area contributed by atoms with Gasteiger partial charge in [0.2, 0.25) is 0 Å². The molecule has 104 valence electrons. The fourth-order valence-corrected chi connectivity index (χ4v) is 2.21. The van der Waals surface area contributed by atoms with E-state index in [1.54, 1.807) is 0 Å². The van der Waals surface area contributed by atoms with E-state index in [1.165, 1.54) is 16.7 Å². The monoisotopic (exact) mass is 266 g/mol. The summed E-state index contributed by atoms with van der Waals surface area (Å²) in [5.74, 6) is 0. The van der Waals surface area contributed by atoms with Gasteiger partial charge in [0.15, 0.2) is 0 Å². The first-order valence-electron chi connectivity index (χ1n) is 7.11. The highest BCUT2D eigenvalue weighted by Gasteiger charge is 2.01. The molecule has 0 unspecified atom stereocenters. The zero-order valence-corrected chi connectivity index (χ0v) is 12.3. The molecule has 1 aromatic carbocycles. The van der Waals surface area contributed by atoms with E-state index in [1.807, 2.05) is 13.3 Å². The minimum atomic E-state index is 0.849. The lowest BCUT2D eigenvalue weighted by Crippen LogP contribution is -1.98. The molecule has 0 amide bonds. The summed E-state index contributed by atoms with van der Waals surface area (Å²) in [6, 6.07) is 8.47. The highest BCUT2D eigenvalue weighted by atomic mass is 15.0. The summed E-state index contributed by atoms with van der Waals surface area (Å²) >= 11 is 0. The number of rotatable bonds is 6. The molecule has 0 saturated heterocycles. The molecule has 0 fully saturated rings. The Morgan fingerprint density at radius 1 is 1.35 bits per heavy atom. The van der Waals surface area contributed by atoms with E-state index >= 15 is 0 Å². The quantitative estimate of drug-likeness (QED) is 0.698. The van der Waals surface area contributed by atoms with Gasteiger partial charge in [-0.05, 0) is 24.5 Å². The van der Waals surface area contributed by atoms with Gasteiger partial charge in [-0.25, -0.2) is 4.98 Å². The maximum absolute atomic E-state index is 4.27. The summed E-state index contributed by atoms with van der Waals surface area (Å²) in [5.41, 5.74) is 4.77. The average Bonchev–Trinajstić information content (AvgIpc) is 2.83. The van der Waals surface area contributed by atoms with Crippen LogP contribution in [0, 0.1) is 6.92 Å². The molecule has 0 atom stereocenters. The Bertz CT molecular complexity index is 605. The minimum Gasteiger partial charge on any atom is -0.333 e. The average molecular weight is 266 g/mol. The lowest BCUT2D eigenvalue weighted by atomic mass is 10.0. The molecule has 0 N–H and O–H groups in total. The normalized spacial score (nSPS) is 11.1. The smallest absolute Gasteiger partial charge is 0.0952 e. The Balaban J connectivity index is 2.15. The third-order valence-electron chi connectivity index (χ3n) is 3.24. The topological polar surface area (TPSA) is 17.8 Å². The molecule has 2 rings (SSSR count). The van der Waals surface area contributed by atoms with Crippen LogP contribution in [-0.2, 0) is 6.54 Å². The number of imidazole rings is 1. The molecule has 0 radical (unpaired) electrons. The summed E-state index contributed by atoms with van der Waals surface area (Å²) in [4.78, 5) is 4.27. The number of benzene rings is 1. The van der Waals surface area contributed by atoms with Crippen molar-refractivity contribution in [1.82, 2.24) is 9.55 Å². The van der Waals surface area contributed by atoms with Crippen molar-refractivity contribution in [2.45, 2.75) is 33.2 Å². The predicted octanol–water partition coefficient (Wildman–Crippen LogP) is 4.61. The molecule has 0 aliphatic carbocycles. The van der Waals surface area contributed by atoms with Gasteiger partial charge in [-0.3, -0.25) is 0 Å². The van der Waals surface area contributed by atoms with Crippen molar-refractivity contribution >= 4 is 6.08 Å². The van der Waals surface area contributed by atoms with E-state index in [0.717, 1.165) is 25.1 Å². The molecular formula is C18H22N2. The van der Waals surface area contributed by atoms with E-state index in [9.17, 15) is 0 Å². The number of hydrogen-bond acceptors (Lipinski definition) is 1. The first-order chi connectivity index (χ1) is 9.69. The summed E-state index contributed by atoms with van der Waals surface area (Å²) in [6.45, 7) is 9.11. The number of allylic oxidation sites excluding steroid dienone is 2. The Hall–Kier alpha value is -2.09. The van der Waals surface area contributed by atoms with E-state index < -0.39 is 0 Å². The van der Waals surface area contributed by atoms with Crippen LogP contribution in [0.4, 0.5) is 0 Å². The molecular weight excluding hydrogens is 244 g/mol. The van der Waals surface area contributed by atoms with E-state index in [4.69, 9.17) is 0 Å². The van der Waals surface area contributed by atoms with Crippen LogP contribution in [0.5, 0.6) is 0 Å². The first kappa shape index (κ1) is 14.3. The summed E-state index contributed by atoms with van der Waals surface area (Å²) < 4.78 is 2.11. The molecule has 1 aromatic heterocycles. The summed E-state index contributed by atoms with van der Waals surface area (Å²) in [6.07, 6.45) is 10.4. The Kier molecular flexibility index (Phi) is 4.94. The molecule has 0 bridgehead atoms. The van der Waals surface area contributed by atoms with Crippen molar-refractivity contribution in [3.8, 4) is 0 Å². The number of aryl methyl sites for hydroxylation is 1. The number of hydrogen-bond donors (Lipinski definition) is 0. The van der Waals surface area contributed by atoms with Crippen molar-refractivity contribution in [3.63, 3.8) is 0 Å². The third-order valence-corrected chi connectivity index (χ3v) is 3.24. The van der Waals surface area contributed by atoms with Crippen molar-refractivity contribution in [3.05, 3.63) is 71.8 Å². The zero-order chi connectivity index (χ0) is 14.4. The molecule has 2 aromatic rings. The molecule has 0 spiro atoms. The van der Waals surface area contributed by atoms with Crippen LogP contribution in [0.3, 0.4) is 0 Å². The summed E-state index contributed by atoms with van der Waals surface area (Å²) in [7, 11) is 0. The highest BCUT2D eigenvalue weighted by Crippen LogP contribution is 2.15. The van der Waals surface area contributed by atoms with Crippen molar-refractivity contribution in [2.75, 3.05) is 0 Å². The van der Waals surface area contributed by atoms with Crippen LogP contribution in [0.1, 0.15) is 36.6 Å². The fourth-order valence-electron chi connectivity index (χ4n) is 2.21. The van der Waals surface area contributed by atoms with E-state index in [0.29, 0.717) is 0 Å². The lowest BCUT2D eigenvalue weighted by Gasteiger charge is -2.07. The Morgan fingerprint density at radius 2 is 2.15 bits per heavy atom. The van der Waals surface area contributed by atoms with Crippen molar-refractivity contribution in [1.29, 1.82) is 0 Å². The van der Waals surface area contributed by atoms with Gasteiger partial charge >= 0.3 is 0 Å². The minimum absolute atomic E-state index is 0.849. The standard InChI is InChI=1S/C18H22N2/c1-4-7-15(2)10-11-17-8-5-6-9-18(17)13-20-12-16(3)19-14-20/h5-6,8-12,14H,2,4,7,13H2,1,3H3/b11-10+. The van der Waals surface area contributed by atoms with E-state index in [-0.39, 0.29) is 0 Å². The molecule has 2 heteroatoms. The van der Waals surface area contributed by atoms with Crippen molar-refractivity contribution < 1.29 is 0 Å². The molecule has 0 saturated carbocycles. The van der Waals surface area contributed by atoms with Gasteiger partial charge in [-0.15, -0.1) is 0 Å². The van der Waals surface area contributed by atoms with E-state index in [2.05, 4.69) is 65.7 Å². The zero-order valence-electron chi connectivity index (χ0n) is 12.3. The van der Waals surface area contributed by atoms with Crippen LogP contribution in [0.15, 0.2) is 55.0 Å². The molecule has 1 heterocycles. The number of nitrogens with zero attached hydrogens (tertiary/aromatic N) is 2. The molecule has 20 heavy (non-hydrogen) atoms. The number of aromatic nitrogens is 2. The van der Waals surface area contributed by atoms with Crippen LogP contribution < -0.4 is 0 Å². The Morgan fingerprint density at radius 3 is 2.85 bits per heavy atom. The van der Waals surface area contributed by atoms with Gasteiger partial charge < -0.3 is 4.57 Å². The molecule has 0 aliphatic rings. The first-order valence-corrected chi connectivity index (χ1v) is 7.11. The second-order valence-electron chi connectivity index (χ2n) is 5.13. The SMILES string of the molecule is C=C(/C=C/c1ccccc1Cn1cnc(C)c1)CCC. The van der Waals surface area contributed by atoms with Gasteiger partial charge in [-0.2, -0.15) is 0 Å². The van der Waals surface area contributed by atoms with Gasteiger partial charge in [0.25, 0.3) is 0 Å². The summed E-state index contributed by atoms with van der Waals surface area (Å²) in [5, 5.41) is 0. The van der Waals surface area contributed by atoms with Gasteiger partial charge in [0.1, 0.15) is 0 Å². The van der Waals surface area contributed by atoms with Crippen molar-refractivity contribution in [2.24, 2.45) is 0 Å². The van der Waals surface area contributed by atoms with Crippen LogP contribution in [-0.4, -0.2) is 9.55 Å². The van der Waals surface area contributed by atoms with Crippen LogP contribution in [0.2, 0.25) is 0 Å². The maximum atomic E-state index is 4.27. The largest absolute Gasteiger partial charge is 0.333 e. The lowest BCUT2D eigenvalue weighted by molar-refractivity contribution is 0.795. The molecule has 2 nitrogen and oxygen atoms in total. The molecule has 0 aliphatic heterocycles. The predicted molar refractivity (Wildman–Crippen MR) is 85.6 cm³/mol. The van der Waals surface area contributed by atoms with Gasteiger partial charge in [0.05, 0.1) is 12.0 Å². The van der Waals surface area contributed by atoms with Gasteiger partial charge in [-0.1, -0.05) is 61.9 Å². The second kappa shape index (κ2) is 6.90. The fraction of sp³-hybridized carbons (Fsp3) is 0.278. The van der Waals surface area contributed by atoms with Crippen LogP contribution >= 0.6 is 0 Å². The maximum Gasteiger partial charge on any atom is 0.0952 e. The highest BCUT2D eigenvalue weighted by molar-refractivity contribution is 5.56. The van der Waals surface area contributed by atoms with Gasteiger partial charge in [0, 0.05) is 12.7 Å². The second-order valence-corrected chi connectivity index (χ2v) is 5.13. The Labute approximate surface area is 121 Å². The third kappa shape index (κ3) is 3.95.